The van der Waals surface area contributed by atoms with Crippen molar-refractivity contribution in [2.24, 2.45) is 0 Å². The average molecular weight is 362 g/mol. The highest BCUT2D eigenvalue weighted by molar-refractivity contribution is 5.80. The molecule has 0 aliphatic carbocycles. The monoisotopic (exact) mass is 362 g/mol. The van der Waals surface area contributed by atoms with E-state index in [2.05, 4.69) is 24.0 Å². The first-order valence-electron chi connectivity index (χ1n) is 9.65. The summed E-state index contributed by atoms with van der Waals surface area (Å²) in [6, 6.07) is 8.22. The Morgan fingerprint density at radius 3 is 2.27 bits per heavy atom. The zero-order valence-electron chi connectivity index (χ0n) is 16.4. The number of carbonyl (C=O) groups is 1. The maximum Gasteiger partial charge on any atom is 0.280 e. The van der Waals surface area contributed by atoms with E-state index in [1.807, 2.05) is 30.9 Å². The lowest BCUT2D eigenvalue weighted by Gasteiger charge is -2.40. The molecule has 2 aliphatic rings. The third-order valence-electron chi connectivity index (χ3n) is 5.56. The number of benzene rings is 1. The molecular formula is C20H32N3O3+. The molecule has 26 heavy (non-hydrogen) atoms. The smallest absolute Gasteiger partial charge is 0.280 e. The molecule has 0 spiro atoms. The molecule has 1 aromatic carbocycles. The first-order chi connectivity index (χ1) is 12.5. The minimum absolute atomic E-state index is 0.00511. The second kappa shape index (κ2) is 8.27. The topological polar surface area (TPSA) is 46.5 Å². The van der Waals surface area contributed by atoms with Gasteiger partial charge in [-0.3, -0.25) is 4.79 Å². The number of nitrogens with one attached hydrogen (secondary N) is 1. The van der Waals surface area contributed by atoms with Crippen LogP contribution in [0, 0.1) is 0 Å². The van der Waals surface area contributed by atoms with Crippen LogP contribution in [0.4, 0.5) is 5.69 Å². The first-order valence-corrected chi connectivity index (χ1v) is 9.65. The lowest BCUT2D eigenvalue weighted by atomic mass is 10.1. The highest BCUT2D eigenvalue weighted by Crippen LogP contribution is 2.19. The highest BCUT2D eigenvalue weighted by Gasteiger charge is 2.35. The standard InChI is InChI=1S/C20H31N3O3/c1-15-13-23(14-16(2)26-15)20(24)17(3)21-9-11-22(12-10-21)18-5-7-19(25-4)8-6-18/h5-8,15-17H,9-14H2,1-4H3/p+1/t15-,16-,17-/m1/s1. The van der Waals surface area contributed by atoms with Gasteiger partial charge in [-0.2, -0.15) is 0 Å². The second-order valence-electron chi connectivity index (χ2n) is 7.57. The average Bonchev–Trinajstić information content (AvgIpc) is 2.66. The van der Waals surface area contributed by atoms with Gasteiger partial charge in [-0.05, 0) is 45.0 Å². The van der Waals surface area contributed by atoms with E-state index in [1.165, 1.54) is 10.6 Å². The fraction of sp³-hybridized carbons (Fsp3) is 0.650. The molecule has 2 saturated heterocycles. The Balaban J connectivity index is 1.54. The fourth-order valence-electron chi connectivity index (χ4n) is 4.08. The molecule has 0 aromatic heterocycles. The zero-order chi connectivity index (χ0) is 18.7. The Labute approximate surface area is 156 Å². The quantitative estimate of drug-likeness (QED) is 0.844. The maximum absolute atomic E-state index is 12.9. The summed E-state index contributed by atoms with van der Waals surface area (Å²) in [6.07, 6.45) is 0.244. The normalized spacial score (nSPS) is 25.8. The van der Waals surface area contributed by atoms with E-state index in [-0.39, 0.29) is 24.2 Å². The van der Waals surface area contributed by atoms with Crippen molar-refractivity contribution in [1.82, 2.24) is 4.90 Å². The first kappa shape index (κ1) is 19.0. The number of anilines is 1. The van der Waals surface area contributed by atoms with E-state index in [9.17, 15) is 4.79 Å². The van der Waals surface area contributed by atoms with Crippen molar-refractivity contribution in [1.29, 1.82) is 0 Å². The molecule has 3 rings (SSSR count). The molecule has 6 nitrogen and oxygen atoms in total. The molecule has 2 heterocycles. The molecule has 144 valence electrons. The predicted molar refractivity (Wildman–Crippen MR) is 102 cm³/mol. The number of ether oxygens (including phenoxy) is 2. The van der Waals surface area contributed by atoms with Crippen molar-refractivity contribution in [2.45, 2.75) is 39.0 Å². The van der Waals surface area contributed by atoms with Crippen LogP contribution in [0.1, 0.15) is 20.8 Å². The fourth-order valence-corrected chi connectivity index (χ4v) is 4.08. The van der Waals surface area contributed by atoms with Crippen molar-refractivity contribution in [3.05, 3.63) is 24.3 Å². The van der Waals surface area contributed by atoms with Crippen molar-refractivity contribution in [3.8, 4) is 5.75 Å². The van der Waals surface area contributed by atoms with Crippen LogP contribution < -0.4 is 14.5 Å². The number of piperazine rings is 1. The van der Waals surface area contributed by atoms with Gasteiger partial charge < -0.3 is 24.2 Å². The number of hydrogen-bond acceptors (Lipinski definition) is 4. The van der Waals surface area contributed by atoms with Crippen LogP contribution in [-0.4, -0.2) is 75.4 Å². The molecule has 0 unspecified atom stereocenters. The Morgan fingerprint density at radius 1 is 1.15 bits per heavy atom. The maximum atomic E-state index is 12.9. The van der Waals surface area contributed by atoms with Gasteiger partial charge in [0, 0.05) is 18.8 Å². The van der Waals surface area contributed by atoms with Crippen molar-refractivity contribution in [2.75, 3.05) is 51.3 Å². The Morgan fingerprint density at radius 2 is 1.73 bits per heavy atom. The summed E-state index contributed by atoms with van der Waals surface area (Å²) in [4.78, 5) is 18.7. The van der Waals surface area contributed by atoms with E-state index in [4.69, 9.17) is 9.47 Å². The van der Waals surface area contributed by atoms with E-state index in [1.54, 1.807) is 7.11 Å². The zero-order valence-corrected chi connectivity index (χ0v) is 16.4. The Hall–Kier alpha value is -1.79. The largest absolute Gasteiger partial charge is 0.497 e. The minimum atomic E-state index is 0.00511. The van der Waals surface area contributed by atoms with Crippen LogP contribution in [0.3, 0.4) is 0 Å². The van der Waals surface area contributed by atoms with E-state index < -0.39 is 0 Å². The summed E-state index contributed by atoms with van der Waals surface area (Å²) in [5.74, 6) is 1.14. The van der Waals surface area contributed by atoms with Crippen LogP contribution in [0.25, 0.3) is 0 Å². The third-order valence-corrected chi connectivity index (χ3v) is 5.56. The Kier molecular flexibility index (Phi) is 6.04. The number of rotatable bonds is 4. The van der Waals surface area contributed by atoms with Gasteiger partial charge in [0.2, 0.25) is 0 Å². The summed E-state index contributed by atoms with van der Waals surface area (Å²) in [5, 5.41) is 0. The third kappa shape index (κ3) is 4.30. The molecular weight excluding hydrogens is 330 g/mol. The molecule has 0 bridgehead atoms. The summed E-state index contributed by atoms with van der Waals surface area (Å²) in [6.45, 7) is 11.5. The molecule has 0 radical (unpaired) electrons. The molecule has 2 fully saturated rings. The number of amides is 1. The van der Waals surface area contributed by atoms with Gasteiger partial charge in [0.25, 0.3) is 5.91 Å². The minimum Gasteiger partial charge on any atom is -0.497 e. The lowest BCUT2D eigenvalue weighted by molar-refractivity contribution is -0.915. The second-order valence-corrected chi connectivity index (χ2v) is 7.57. The number of morpholine rings is 1. The van der Waals surface area contributed by atoms with Crippen molar-refractivity contribution < 1.29 is 19.2 Å². The van der Waals surface area contributed by atoms with Gasteiger partial charge in [-0.1, -0.05) is 0 Å². The molecule has 6 heteroatoms. The van der Waals surface area contributed by atoms with Crippen LogP contribution in [0.15, 0.2) is 24.3 Å². The van der Waals surface area contributed by atoms with Gasteiger partial charge in [-0.25, -0.2) is 0 Å². The number of nitrogens with zero attached hydrogens (tertiary/aromatic N) is 2. The van der Waals surface area contributed by atoms with Crippen LogP contribution in [0.5, 0.6) is 5.75 Å². The van der Waals surface area contributed by atoms with E-state index in [0.717, 1.165) is 31.9 Å². The van der Waals surface area contributed by atoms with Crippen molar-refractivity contribution in [3.63, 3.8) is 0 Å². The van der Waals surface area contributed by atoms with Crippen LogP contribution in [-0.2, 0) is 9.53 Å². The summed E-state index contributed by atoms with van der Waals surface area (Å²) < 4.78 is 11.0. The molecule has 1 N–H and O–H groups in total. The summed E-state index contributed by atoms with van der Waals surface area (Å²) in [7, 11) is 1.69. The predicted octanol–water partition coefficient (Wildman–Crippen LogP) is 0.424. The number of quaternary nitrogens is 1. The van der Waals surface area contributed by atoms with Gasteiger partial charge in [0.05, 0.1) is 45.5 Å². The van der Waals surface area contributed by atoms with Crippen molar-refractivity contribution >= 4 is 11.6 Å². The van der Waals surface area contributed by atoms with Gasteiger partial charge in [-0.15, -0.1) is 0 Å². The molecule has 1 aromatic rings. The molecule has 0 saturated carbocycles. The van der Waals surface area contributed by atoms with Gasteiger partial charge >= 0.3 is 0 Å². The number of carbonyl (C=O) groups excluding carboxylic acids is 1. The van der Waals surface area contributed by atoms with Gasteiger partial charge in [0.1, 0.15) is 5.75 Å². The summed E-state index contributed by atoms with van der Waals surface area (Å²) in [5.41, 5.74) is 1.22. The SMILES string of the molecule is COc1ccc(N2CC[NH+]([C@H](C)C(=O)N3C[C@@H](C)O[C@H](C)C3)CC2)cc1. The van der Waals surface area contributed by atoms with E-state index in [0.29, 0.717) is 13.1 Å². The molecule has 3 atom stereocenters. The van der Waals surface area contributed by atoms with Crippen LogP contribution in [0.2, 0.25) is 0 Å². The van der Waals surface area contributed by atoms with E-state index >= 15 is 0 Å². The number of methoxy groups -OCH3 is 1. The molecule has 1 amide bonds. The Bertz CT molecular complexity index is 589. The van der Waals surface area contributed by atoms with Gasteiger partial charge in [0.15, 0.2) is 6.04 Å². The lowest BCUT2D eigenvalue weighted by Crippen LogP contribution is -3.19. The summed E-state index contributed by atoms with van der Waals surface area (Å²) >= 11 is 0. The highest BCUT2D eigenvalue weighted by atomic mass is 16.5. The van der Waals surface area contributed by atoms with Crippen LogP contribution >= 0.6 is 0 Å². The molecule has 2 aliphatic heterocycles. The number of hydrogen-bond donors (Lipinski definition) is 1.